The molecule has 3 atom stereocenters. The molecular formula is C13H20N2OS2. The van der Waals surface area contributed by atoms with Gasteiger partial charge < -0.3 is 10.0 Å². The van der Waals surface area contributed by atoms with Gasteiger partial charge in [0.05, 0.1) is 16.7 Å². The summed E-state index contributed by atoms with van der Waals surface area (Å²) >= 11 is 3.76. The van der Waals surface area contributed by atoms with E-state index in [9.17, 15) is 5.11 Å². The van der Waals surface area contributed by atoms with Gasteiger partial charge in [0.2, 0.25) is 0 Å². The number of aromatic nitrogens is 1. The van der Waals surface area contributed by atoms with Crippen LogP contribution in [0, 0.1) is 0 Å². The van der Waals surface area contributed by atoms with Crippen LogP contribution in [0.25, 0.3) is 0 Å². The molecule has 1 aliphatic heterocycles. The smallest absolute Gasteiger partial charge is 0.186 e. The van der Waals surface area contributed by atoms with Gasteiger partial charge in [-0.1, -0.05) is 18.3 Å². The zero-order valence-corrected chi connectivity index (χ0v) is 12.6. The first-order valence-corrected chi connectivity index (χ1v) is 8.59. The number of thiazole rings is 1. The van der Waals surface area contributed by atoms with Crippen molar-refractivity contribution in [2.45, 2.75) is 50.5 Å². The monoisotopic (exact) mass is 284 g/mol. The van der Waals surface area contributed by atoms with Crippen LogP contribution in [0.2, 0.25) is 0 Å². The average Bonchev–Trinajstić information content (AvgIpc) is 2.78. The molecule has 100 valence electrons. The van der Waals surface area contributed by atoms with Gasteiger partial charge in [0.25, 0.3) is 0 Å². The number of hydrogen-bond donors (Lipinski definition) is 1. The number of thioether (sulfide) groups is 1. The topological polar surface area (TPSA) is 36.4 Å². The fourth-order valence-electron chi connectivity index (χ4n) is 2.71. The van der Waals surface area contributed by atoms with Crippen molar-refractivity contribution in [3.05, 3.63) is 10.6 Å². The van der Waals surface area contributed by atoms with Crippen molar-refractivity contribution in [3.63, 3.8) is 0 Å². The SMILES string of the molecule is CC1SCCN(c2nc3c(s2)C(O)CCC3)C1C. The summed E-state index contributed by atoms with van der Waals surface area (Å²) in [5.41, 5.74) is 1.15. The lowest BCUT2D eigenvalue weighted by Crippen LogP contribution is -2.44. The molecule has 1 saturated heterocycles. The number of nitrogens with zero attached hydrogens (tertiary/aromatic N) is 2. The van der Waals surface area contributed by atoms with Gasteiger partial charge in [-0.15, -0.1) is 0 Å². The molecule has 3 nitrogen and oxygen atoms in total. The second-order valence-corrected chi connectivity index (χ2v) is 7.72. The predicted molar refractivity (Wildman–Crippen MR) is 78.7 cm³/mol. The quantitative estimate of drug-likeness (QED) is 0.860. The number of aryl methyl sites for hydroxylation is 1. The molecule has 0 aromatic carbocycles. The van der Waals surface area contributed by atoms with Gasteiger partial charge in [-0.25, -0.2) is 4.98 Å². The van der Waals surface area contributed by atoms with Gasteiger partial charge in [-0.3, -0.25) is 0 Å². The lowest BCUT2D eigenvalue weighted by molar-refractivity contribution is 0.160. The van der Waals surface area contributed by atoms with Crippen LogP contribution in [0.15, 0.2) is 0 Å². The minimum absolute atomic E-state index is 0.271. The number of rotatable bonds is 1. The van der Waals surface area contributed by atoms with E-state index in [4.69, 9.17) is 4.98 Å². The first-order valence-electron chi connectivity index (χ1n) is 6.72. The molecule has 0 spiro atoms. The molecule has 5 heteroatoms. The molecule has 3 unspecified atom stereocenters. The molecule has 0 amide bonds. The third-order valence-electron chi connectivity index (χ3n) is 4.04. The Hall–Kier alpha value is -0.260. The Bertz CT molecular complexity index is 435. The van der Waals surface area contributed by atoms with Crippen LogP contribution < -0.4 is 4.90 Å². The van der Waals surface area contributed by atoms with Crippen LogP contribution in [-0.2, 0) is 6.42 Å². The molecule has 0 bridgehead atoms. The summed E-state index contributed by atoms with van der Waals surface area (Å²) in [5, 5.41) is 11.8. The van der Waals surface area contributed by atoms with E-state index in [1.165, 1.54) is 5.75 Å². The molecule has 0 saturated carbocycles. The van der Waals surface area contributed by atoms with Gasteiger partial charge in [-0.2, -0.15) is 11.8 Å². The van der Waals surface area contributed by atoms with Gasteiger partial charge in [0, 0.05) is 23.6 Å². The van der Waals surface area contributed by atoms with E-state index in [2.05, 4.69) is 18.7 Å². The molecular weight excluding hydrogens is 264 g/mol. The van der Waals surface area contributed by atoms with Crippen LogP contribution in [0.4, 0.5) is 5.13 Å². The minimum atomic E-state index is -0.271. The molecule has 2 heterocycles. The Balaban J connectivity index is 1.88. The van der Waals surface area contributed by atoms with Crippen molar-refractivity contribution in [3.8, 4) is 0 Å². The summed E-state index contributed by atoms with van der Waals surface area (Å²) in [6.07, 6.45) is 2.73. The number of fused-ring (bicyclic) bond motifs is 1. The third-order valence-corrected chi connectivity index (χ3v) is 6.61. The molecule has 0 radical (unpaired) electrons. The van der Waals surface area contributed by atoms with Gasteiger partial charge in [-0.05, 0) is 26.2 Å². The Morgan fingerprint density at radius 2 is 2.22 bits per heavy atom. The van der Waals surface area contributed by atoms with Crippen LogP contribution >= 0.6 is 23.1 Å². The second kappa shape index (κ2) is 5.02. The van der Waals surface area contributed by atoms with Crippen molar-refractivity contribution in [1.29, 1.82) is 0 Å². The molecule has 2 aliphatic rings. The maximum absolute atomic E-state index is 10.0. The van der Waals surface area contributed by atoms with Crippen LogP contribution in [0.5, 0.6) is 0 Å². The fourth-order valence-corrected chi connectivity index (χ4v) is 5.06. The van der Waals surface area contributed by atoms with Gasteiger partial charge >= 0.3 is 0 Å². The van der Waals surface area contributed by atoms with Crippen molar-refractivity contribution in [1.82, 2.24) is 4.98 Å². The first-order chi connectivity index (χ1) is 8.66. The zero-order valence-electron chi connectivity index (χ0n) is 10.9. The van der Waals surface area contributed by atoms with Gasteiger partial charge in [0.1, 0.15) is 0 Å². The van der Waals surface area contributed by atoms with E-state index in [-0.39, 0.29) is 6.10 Å². The van der Waals surface area contributed by atoms with E-state index in [1.54, 1.807) is 11.3 Å². The largest absolute Gasteiger partial charge is 0.388 e. The summed E-state index contributed by atoms with van der Waals surface area (Å²) in [7, 11) is 0. The van der Waals surface area contributed by atoms with E-state index >= 15 is 0 Å². The number of anilines is 1. The molecule has 1 aromatic heterocycles. The molecule has 1 fully saturated rings. The fraction of sp³-hybridized carbons (Fsp3) is 0.769. The summed E-state index contributed by atoms with van der Waals surface area (Å²) in [6, 6.07) is 0.536. The van der Waals surface area contributed by atoms with Crippen molar-refractivity contribution in [2.75, 3.05) is 17.2 Å². The Morgan fingerprint density at radius 3 is 3.00 bits per heavy atom. The molecule has 1 N–H and O–H groups in total. The van der Waals surface area contributed by atoms with Crippen molar-refractivity contribution < 1.29 is 5.11 Å². The zero-order chi connectivity index (χ0) is 12.7. The maximum Gasteiger partial charge on any atom is 0.186 e. The highest BCUT2D eigenvalue weighted by Crippen LogP contribution is 2.39. The first kappa shape index (κ1) is 12.8. The van der Waals surface area contributed by atoms with Gasteiger partial charge in [0.15, 0.2) is 5.13 Å². The van der Waals surface area contributed by atoms with Crippen LogP contribution in [0.1, 0.15) is 43.4 Å². The highest BCUT2D eigenvalue weighted by Gasteiger charge is 2.30. The van der Waals surface area contributed by atoms with Crippen LogP contribution in [-0.4, -0.2) is 33.7 Å². The average molecular weight is 284 g/mol. The van der Waals surface area contributed by atoms with Crippen LogP contribution in [0.3, 0.4) is 0 Å². The highest BCUT2D eigenvalue weighted by atomic mass is 32.2. The summed E-state index contributed by atoms with van der Waals surface area (Å²) in [4.78, 5) is 8.33. The summed E-state index contributed by atoms with van der Waals surface area (Å²) < 4.78 is 0. The van der Waals surface area contributed by atoms with E-state index in [0.29, 0.717) is 11.3 Å². The van der Waals surface area contributed by atoms with Crippen molar-refractivity contribution >= 4 is 28.2 Å². The number of aliphatic hydroxyl groups is 1. The molecule has 3 rings (SSSR count). The van der Waals surface area contributed by atoms with E-state index in [0.717, 1.165) is 41.5 Å². The molecule has 1 aromatic rings. The maximum atomic E-state index is 10.0. The minimum Gasteiger partial charge on any atom is -0.388 e. The van der Waals surface area contributed by atoms with Crippen molar-refractivity contribution in [2.24, 2.45) is 0 Å². The van der Waals surface area contributed by atoms with E-state index in [1.807, 2.05) is 11.8 Å². The second-order valence-electron chi connectivity index (χ2n) is 5.23. The Kier molecular flexibility index (Phi) is 3.56. The Labute approximate surface area is 117 Å². The third kappa shape index (κ3) is 2.17. The van der Waals surface area contributed by atoms with E-state index < -0.39 is 0 Å². The standard InChI is InChI=1S/C13H20N2OS2/c1-8-9(2)17-7-6-15(8)13-14-10-4-3-5-11(16)12(10)18-13/h8-9,11,16H,3-7H2,1-2H3. The lowest BCUT2D eigenvalue weighted by atomic mass is 10.0. The number of hydrogen-bond acceptors (Lipinski definition) is 5. The normalized spacial score (nSPS) is 32.4. The number of aliphatic hydroxyl groups excluding tert-OH is 1. The summed E-state index contributed by atoms with van der Waals surface area (Å²) in [6.45, 7) is 5.66. The summed E-state index contributed by atoms with van der Waals surface area (Å²) in [5.74, 6) is 1.18. The highest BCUT2D eigenvalue weighted by molar-refractivity contribution is 8.00. The Morgan fingerprint density at radius 1 is 1.39 bits per heavy atom. The predicted octanol–water partition coefficient (Wildman–Crippen LogP) is 2.84. The lowest BCUT2D eigenvalue weighted by Gasteiger charge is -2.37. The molecule has 1 aliphatic carbocycles. The molecule has 18 heavy (non-hydrogen) atoms.